The number of nitrogens with zero attached hydrogens (tertiary/aromatic N) is 2. The highest BCUT2D eigenvalue weighted by molar-refractivity contribution is 5.66. The number of benzene rings is 1. The van der Waals surface area contributed by atoms with E-state index in [1.54, 1.807) is 19.2 Å². The van der Waals surface area contributed by atoms with E-state index in [2.05, 4.69) is 24.1 Å². The Morgan fingerprint density at radius 2 is 2.25 bits per heavy atom. The van der Waals surface area contributed by atoms with Gasteiger partial charge in [-0.15, -0.1) is 0 Å². The summed E-state index contributed by atoms with van der Waals surface area (Å²) in [6.45, 7) is 6.35. The highest BCUT2D eigenvalue weighted by Crippen LogP contribution is 2.32. The summed E-state index contributed by atoms with van der Waals surface area (Å²) in [6, 6.07) is 5.89. The molecule has 110 valence electrons. The van der Waals surface area contributed by atoms with Crippen LogP contribution < -0.4 is 5.32 Å². The number of nitro groups is 1. The summed E-state index contributed by atoms with van der Waals surface area (Å²) in [5.74, 6) is 0.620. The van der Waals surface area contributed by atoms with Crippen molar-refractivity contribution in [1.29, 1.82) is 0 Å². The Hall–Kier alpha value is -1.62. The van der Waals surface area contributed by atoms with Crippen LogP contribution in [0.1, 0.15) is 32.3 Å². The first-order valence-corrected chi connectivity index (χ1v) is 7.22. The number of hydrogen-bond acceptors (Lipinski definition) is 4. The van der Waals surface area contributed by atoms with Crippen LogP contribution in [0.25, 0.3) is 0 Å². The van der Waals surface area contributed by atoms with Gasteiger partial charge in [-0.1, -0.05) is 26.0 Å². The van der Waals surface area contributed by atoms with Crippen LogP contribution in [0.5, 0.6) is 0 Å². The third kappa shape index (κ3) is 2.93. The first-order chi connectivity index (χ1) is 9.54. The Bertz CT molecular complexity index is 488. The van der Waals surface area contributed by atoms with Gasteiger partial charge in [-0.25, -0.2) is 0 Å². The zero-order valence-electron chi connectivity index (χ0n) is 12.4. The second kappa shape index (κ2) is 6.22. The van der Waals surface area contributed by atoms with Gasteiger partial charge in [-0.3, -0.25) is 15.0 Å². The number of hydrogen-bond donors (Lipinski definition) is 1. The monoisotopic (exact) mass is 277 g/mol. The molecule has 5 heteroatoms. The second-order valence-electron chi connectivity index (χ2n) is 5.74. The van der Waals surface area contributed by atoms with Crippen molar-refractivity contribution in [2.24, 2.45) is 5.92 Å². The molecule has 1 fully saturated rings. The Kier molecular flexibility index (Phi) is 4.60. The van der Waals surface area contributed by atoms with Gasteiger partial charge < -0.3 is 5.32 Å². The van der Waals surface area contributed by atoms with Gasteiger partial charge in [0.25, 0.3) is 5.69 Å². The molecule has 1 aliphatic rings. The molecule has 0 saturated carbocycles. The minimum Gasteiger partial charge on any atom is -0.382 e. The first kappa shape index (κ1) is 14.8. The van der Waals surface area contributed by atoms with Crippen LogP contribution in [0.15, 0.2) is 18.2 Å². The first-order valence-electron chi connectivity index (χ1n) is 7.22. The third-order valence-electron chi connectivity index (χ3n) is 4.13. The molecule has 0 amide bonds. The molecule has 5 nitrogen and oxygen atoms in total. The van der Waals surface area contributed by atoms with Crippen LogP contribution in [-0.2, 0) is 6.54 Å². The van der Waals surface area contributed by atoms with Crippen molar-refractivity contribution in [3.05, 3.63) is 33.9 Å². The van der Waals surface area contributed by atoms with E-state index < -0.39 is 0 Å². The molecule has 1 saturated heterocycles. The van der Waals surface area contributed by atoms with Gasteiger partial charge in [-0.2, -0.15) is 0 Å². The normalized spacial score (nSPS) is 19.5. The minimum absolute atomic E-state index is 0.158. The lowest BCUT2D eigenvalue weighted by Gasteiger charge is -2.28. The maximum atomic E-state index is 11.1. The fraction of sp³-hybridized carbons (Fsp3) is 0.600. The van der Waals surface area contributed by atoms with Crippen molar-refractivity contribution in [2.45, 2.75) is 39.3 Å². The summed E-state index contributed by atoms with van der Waals surface area (Å²) >= 11 is 0. The lowest BCUT2D eigenvalue weighted by molar-refractivity contribution is -0.384. The number of nitro benzene ring substituents is 1. The van der Waals surface area contributed by atoms with Gasteiger partial charge in [0, 0.05) is 25.7 Å². The number of rotatable bonds is 5. The van der Waals surface area contributed by atoms with Crippen molar-refractivity contribution in [2.75, 3.05) is 18.9 Å². The number of anilines is 1. The fourth-order valence-corrected chi connectivity index (χ4v) is 3.18. The van der Waals surface area contributed by atoms with Crippen molar-refractivity contribution >= 4 is 11.4 Å². The van der Waals surface area contributed by atoms with Crippen LogP contribution in [0.4, 0.5) is 11.4 Å². The molecule has 0 aromatic heterocycles. The second-order valence-corrected chi connectivity index (χ2v) is 5.74. The van der Waals surface area contributed by atoms with Gasteiger partial charge >= 0.3 is 0 Å². The van der Waals surface area contributed by atoms with Crippen molar-refractivity contribution in [1.82, 2.24) is 4.90 Å². The van der Waals surface area contributed by atoms with Gasteiger partial charge in [0.1, 0.15) is 5.69 Å². The van der Waals surface area contributed by atoms with Gasteiger partial charge in [0.05, 0.1) is 4.92 Å². The van der Waals surface area contributed by atoms with E-state index in [9.17, 15) is 10.1 Å². The van der Waals surface area contributed by atoms with E-state index in [1.165, 1.54) is 12.8 Å². The Morgan fingerprint density at radius 1 is 1.50 bits per heavy atom. The predicted octanol–water partition coefficient (Wildman–Crippen LogP) is 3.26. The lowest BCUT2D eigenvalue weighted by Crippen LogP contribution is -2.33. The number of nitrogens with one attached hydrogen (secondary N) is 1. The van der Waals surface area contributed by atoms with Crippen LogP contribution in [0.2, 0.25) is 0 Å². The predicted molar refractivity (Wildman–Crippen MR) is 80.9 cm³/mol. The fourth-order valence-electron chi connectivity index (χ4n) is 3.18. The van der Waals surface area contributed by atoms with Crippen LogP contribution in [0, 0.1) is 16.0 Å². The molecule has 0 radical (unpaired) electrons. The molecule has 2 rings (SSSR count). The van der Waals surface area contributed by atoms with Gasteiger partial charge in [0.2, 0.25) is 0 Å². The topological polar surface area (TPSA) is 58.4 Å². The maximum Gasteiger partial charge on any atom is 0.292 e. The molecule has 1 N–H and O–H groups in total. The summed E-state index contributed by atoms with van der Waals surface area (Å²) in [4.78, 5) is 13.2. The zero-order chi connectivity index (χ0) is 14.7. The Morgan fingerprint density at radius 3 is 2.85 bits per heavy atom. The van der Waals surface area contributed by atoms with Gasteiger partial charge in [0.15, 0.2) is 0 Å². The van der Waals surface area contributed by atoms with Crippen LogP contribution >= 0.6 is 0 Å². The molecule has 0 spiro atoms. The van der Waals surface area contributed by atoms with Crippen molar-refractivity contribution < 1.29 is 4.92 Å². The largest absolute Gasteiger partial charge is 0.382 e. The van der Waals surface area contributed by atoms with Crippen LogP contribution in [-0.4, -0.2) is 29.5 Å². The zero-order valence-corrected chi connectivity index (χ0v) is 12.4. The summed E-state index contributed by atoms with van der Waals surface area (Å²) in [5.41, 5.74) is 1.81. The summed E-state index contributed by atoms with van der Waals surface area (Å²) < 4.78 is 0. The molecule has 1 aromatic carbocycles. The number of likely N-dealkylation sites (tertiary alicyclic amines) is 1. The van der Waals surface area contributed by atoms with Crippen molar-refractivity contribution in [3.8, 4) is 0 Å². The minimum atomic E-state index is -0.320. The van der Waals surface area contributed by atoms with E-state index in [0.29, 0.717) is 17.6 Å². The van der Waals surface area contributed by atoms with E-state index in [1.807, 2.05) is 6.07 Å². The third-order valence-corrected chi connectivity index (χ3v) is 4.13. The maximum absolute atomic E-state index is 11.1. The molecule has 1 heterocycles. The van der Waals surface area contributed by atoms with Gasteiger partial charge in [-0.05, 0) is 30.9 Å². The molecule has 1 aromatic rings. The average molecular weight is 277 g/mol. The smallest absolute Gasteiger partial charge is 0.292 e. The average Bonchev–Trinajstić information content (AvgIpc) is 2.86. The van der Waals surface area contributed by atoms with E-state index in [-0.39, 0.29) is 10.6 Å². The molecule has 20 heavy (non-hydrogen) atoms. The highest BCUT2D eigenvalue weighted by atomic mass is 16.6. The van der Waals surface area contributed by atoms with E-state index >= 15 is 0 Å². The standard InChI is InChI=1S/C15H23N3O2/c1-11(2)13-8-5-9-17(13)10-12-6-4-7-14(18(19)20)15(12)16-3/h4,6-7,11,13,16H,5,8-10H2,1-3H3. The lowest BCUT2D eigenvalue weighted by atomic mass is 10.0. The van der Waals surface area contributed by atoms with E-state index in [0.717, 1.165) is 18.7 Å². The summed E-state index contributed by atoms with van der Waals surface area (Å²) in [6.07, 6.45) is 2.44. The Labute approximate surface area is 120 Å². The molecular formula is C15H23N3O2. The molecule has 0 aliphatic carbocycles. The molecular weight excluding hydrogens is 254 g/mol. The highest BCUT2D eigenvalue weighted by Gasteiger charge is 2.28. The molecule has 0 bridgehead atoms. The molecule has 1 unspecified atom stereocenters. The van der Waals surface area contributed by atoms with E-state index in [4.69, 9.17) is 0 Å². The Balaban J connectivity index is 2.25. The quantitative estimate of drug-likeness (QED) is 0.663. The summed E-state index contributed by atoms with van der Waals surface area (Å²) in [5, 5.41) is 14.1. The molecule has 1 atom stereocenters. The van der Waals surface area contributed by atoms with Crippen molar-refractivity contribution in [3.63, 3.8) is 0 Å². The SMILES string of the molecule is CNc1c(CN2CCCC2C(C)C)cccc1[N+](=O)[O-]. The summed E-state index contributed by atoms with van der Waals surface area (Å²) in [7, 11) is 1.75. The number of para-hydroxylation sites is 1. The van der Waals surface area contributed by atoms with Crippen LogP contribution in [0.3, 0.4) is 0 Å². The molecule has 1 aliphatic heterocycles.